The lowest BCUT2D eigenvalue weighted by molar-refractivity contribution is 0.381. The molecule has 124 heavy (non-hydrogen) atoms. The molecule has 16 aromatic rings. The summed E-state index contributed by atoms with van der Waals surface area (Å²) in [6, 6.07) is 12.5. The number of aromatic amines is 5. The molecule has 0 fully saturated rings. The minimum Gasteiger partial charge on any atom is -0.354 e. The fourth-order valence-electron chi connectivity index (χ4n) is 15.1. The van der Waals surface area contributed by atoms with Crippen molar-refractivity contribution in [3.63, 3.8) is 0 Å². The highest BCUT2D eigenvalue weighted by molar-refractivity contribution is 7.17. The molecule has 624 valence electrons. The minimum absolute atomic E-state index is 0.0232. The smallest absolute Gasteiger partial charge is 0.200 e. The third-order valence-corrected chi connectivity index (χ3v) is 22.1. The average Bonchev–Trinajstić information content (AvgIpc) is 1.55. The summed E-state index contributed by atoms with van der Waals surface area (Å²) in [6.45, 7) is 0. The van der Waals surface area contributed by atoms with Crippen molar-refractivity contribution in [3.8, 4) is 77.9 Å². The fraction of sp³-hybridized carbons (Fsp3) is 0. The van der Waals surface area contributed by atoms with Crippen molar-refractivity contribution < 1.29 is 132 Å². The van der Waals surface area contributed by atoms with Gasteiger partial charge in [0.2, 0.25) is 34.9 Å². The zero-order valence-electron chi connectivity index (χ0n) is 59.6. The first-order valence-corrected chi connectivity index (χ1v) is 36.5. The van der Waals surface area contributed by atoms with E-state index in [0.29, 0.717) is 59.9 Å². The van der Waals surface area contributed by atoms with Crippen molar-refractivity contribution in [3.05, 3.63) is 298 Å². The monoisotopic (exact) mass is 1780 g/mol. The first-order chi connectivity index (χ1) is 59.0. The van der Waals surface area contributed by atoms with Crippen LogP contribution in [0.25, 0.3) is 184 Å². The number of benzene rings is 6. The molecule has 18 rings (SSSR count). The van der Waals surface area contributed by atoms with Gasteiger partial charge in [-0.05, 0) is 131 Å². The van der Waals surface area contributed by atoms with Gasteiger partial charge in [0, 0.05) is 105 Å². The molecule has 0 radical (unpaired) electrons. The molecule has 0 aliphatic carbocycles. The third-order valence-electron chi connectivity index (χ3n) is 20.5. The second-order valence-electron chi connectivity index (χ2n) is 27.1. The van der Waals surface area contributed by atoms with Gasteiger partial charge in [0.1, 0.15) is 4.83 Å². The van der Waals surface area contributed by atoms with Crippen molar-refractivity contribution in [2.45, 2.75) is 0 Å². The van der Waals surface area contributed by atoms with E-state index in [9.17, 15) is 0 Å². The Morgan fingerprint density at radius 2 is 0.444 bits per heavy atom. The molecule has 10 aromatic heterocycles. The highest BCUT2D eigenvalue weighted by Crippen LogP contribution is 2.49. The van der Waals surface area contributed by atoms with Gasteiger partial charge in [-0.15, -0.1) is 11.3 Å². The Hall–Kier alpha value is -14.2. The SMILES string of the molecule is Fc1c(F)c(F)c(-c2c3nc(c(-c4c(F)c(F)c(F)c(F)c4F)c4ccc([nH]4)c(-c4c(F)c(F)c(F)c(F)c4F)c4ccc5c(c6ccc([nH]6)c(-c6c(F)c(F)c(F)c(F)c6F)c6nc(c(-c7c(F)c(F)c(F)c(F)c7F)c7ccc([nH]7)c(-c7c(F)c(F)c(F)c(F)c7F)c7ccc([nH]7)c(-c7ccsc7)c7ccc2[nH]7)C=C6)c2ccsc2n45)C=C3)c(F)c1F. The van der Waals surface area contributed by atoms with Crippen molar-refractivity contribution in [1.29, 1.82) is 0 Å². The Balaban J connectivity index is 1.08. The van der Waals surface area contributed by atoms with Gasteiger partial charge in [-0.25, -0.2) is 142 Å². The van der Waals surface area contributed by atoms with Crippen LogP contribution in [0.15, 0.2) is 101 Å². The van der Waals surface area contributed by atoms with Crippen LogP contribution in [0.3, 0.4) is 0 Å². The molecule has 0 unspecified atom stereocenters. The van der Waals surface area contributed by atoms with E-state index < -0.39 is 319 Å². The number of hydrogen-bond acceptors (Lipinski definition) is 4. The summed E-state index contributed by atoms with van der Waals surface area (Å²) in [4.78, 5) is 21.0. The fourth-order valence-corrected chi connectivity index (χ4v) is 16.7. The molecule has 5 N–H and O–H groups in total. The number of fused-ring (bicyclic) bond motifs is 17. The molecule has 12 heterocycles. The van der Waals surface area contributed by atoms with E-state index in [4.69, 9.17) is 0 Å². The van der Waals surface area contributed by atoms with E-state index >= 15 is 132 Å². The predicted molar refractivity (Wildman–Crippen MR) is 397 cm³/mol. The molecular weight excluding hydrogens is 1760 g/mol. The van der Waals surface area contributed by atoms with Gasteiger partial charge >= 0.3 is 0 Å². The van der Waals surface area contributed by atoms with Crippen LogP contribution in [-0.2, 0) is 0 Å². The summed E-state index contributed by atoms with van der Waals surface area (Å²) in [5, 5.41) is 3.71. The Labute approximate surface area is 673 Å². The molecule has 0 amide bonds. The summed E-state index contributed by atoms with van der Waals surface area (Å²) >= 11 is 1.59. The summed E-state index contributed by atoms with van der Waals surface area (Å²) in [5.41, 5.74) is -33.0. The van der Waals surface area contributed by atoms with E-state index in [-0.39, 0.29) is 37.8 Å². The maximum atomic E-state index is 17.0. The molecule has 18 bridgehead atoms. The average molecular weight is 1780 g/mol. The standard InChI is InChI=1S/C84H26F30N8S2/c85-54-48(55(86)67(98)78(109)66(54)97)42-27-4-1-24(115-27)40(22-17-19-123-21-22)25-2-5-28(116-25)43(49-56(87)68(99)79(110)69(100)57(49)88)31-8-12-35(119-31)46(52-62(93)74(105)82(113)75(106)63(52)94)36-13-14-37(121-36)47(53-64(95)76(107)83(114)77(108)65(53)96)39-16-15-38-41(23-18-20-124-84(23)122(38)39)26-3-6-29(117-26)44(50-58(89)70(101)80(111)71(102)59(50)90)32-9-11-34(120-32)45(33-10-7-30(42)118-33)51-60(91)72(103)81(112)73(104)61(51)92/h1-21,115-118,121H. The van der Waals surface area contributed by atoms with Crippen LogP contribution in [-0.4, -0.2) is 39.3 Å². The lowest BCUT2D eigenvalue weighted by Gasteiger charge is -2.11. The van der Waals surface area contributed by atoms with Gasteiger partial charge in [-0.2, -0.15) is 11.3 Å². The topological polar surface area (TPSA) is 109 Å². The summed E-state index contributed by atoms with van der Waals surface area (Å²) in [5.74, 6) is -81.3. The zero-order valence-corrected chi connectivity index (χ0v) is 61.3. The number of aromatic nitrogens is 8. The Morgan fingerprint density at radius 1 is 0.210 bits per heavy atom. The molecule has 40 heteroatoms. The highest BCUT2D eigenvalue weighted by Gasteiger charge is 2.38. The minimum atomic E-state index is -2.83. The van der Waals surface area contributed by atoms with Crippen molar-refractivity contribution in [2.75, 3.05) is 0 Å². The van der Waals surface area contributed by atoms with Gasteiger partial charge in [0.25, 0.3) is 0 Å². The maximum Gasteiger partial charge on any atom is 0.200 e. The molecule has 0 saturated heterocycles. The van der Waals surface area contributed by atoms with Gasteiger partial charge in [-0.3, -0.25) is 4.40 Å². The highest BCUT2D eigenvalue weighted by atomic mass is 32.1. The van der Waals surface area contributed by atoms with Crippen molar-refractivity contribution in [2.24, 2.45) is 0 Å². The van der Waals surface area contributed by atoms with Crippen LogP contribution in [0.1, 0.15) is 22.8 Å². The van der Waals surface area contributed by atoms with E-state index in [0.717, 1.165) is 64.3 Å². The number of nitrogens with one attached hydrogen (secondary N) is 5. The Bertz CT molecular complexity index is 7850. The largest absolute Gasteiger partial charge is 0.354 e. The number of thiophene rings is 2. The first-order valence-electron chi connectivity index (χ1n) is 34.7. The lowest BCUT2D eigenvalue weighted by atomic mass is 10.0. The molecule has 2 aliphatic heterocycles. The number of rotatable bonds is 7. The van der Waals surface area contributed by atoms with Crippen LogP contribution in [0.2, 0.25) is 0 Å². The number of halogens is 30. The first kappa shape index (κ1) is 80.9. The van der Waals surface area contributed by atoms with E-state index in [1.54, 1.807) is 0 Å². The van der Waals surface area contributed by atoms with Gasteiger partial charge < -0.3 is 24.9 Å². The van der Waals surface area contributed by atoms with Crippen LogP contribution in [0.5, 0.6) is 0 Å². The van der Waals surface area contributed by atoms with Crippen molar-refractivity contribution in [1.82, 2.24) is 39.3 Å². The van der Waals surface area contributed by atoms with Crippen LogP contribution < -0.4 is 0 Å². The van der Waals surface area contributed by atoms with Crippen LogP contribution >= 0.6 is 22.7 Å². The molecule has 2 aliphatic rings. The third kappa shape index (κ3) is 11.8. The number of nitrogens with zero attached hydrogens (tertiary/aromatic N) is 3. The molecular formula is C84H26F30N8S2. The zero-order chi connectivity index (χ0) is 88.2. The van der Waals surface area contributed by atoms with Gasteiger partial charge in [0.15, 0.2) is 140 Å². The number of hydrogen-bond donors (Lipinski definition) is 5. The summed E-state index contributed by atoms with van der Waals surface area (Å²) in [7, 11) is 0. The lowest BCUT2D eigenvalue weighted by Crippen LogP contribution is -2.05. The molecule has 8 nitrogen and oxygen atoms in total. The molecule has 0 saturated carbocycles. The van der Waals surface area contributed by atoms with Gasteiger partial charge in [0.05, 0.1) is 67.2 Å². The van der Waals surface area contributed by atoms with E-state index in [2.05, 4.69) is 34.9 Å². The maximum absolute atomic E-state index is 17.0. The van der Waals surface area contributed by atoms with Crippen LogP contribution in [0.4, 0.5) is 132 Å². The van der Waals surface area contributed by atoms with E-state index in [1.165, 1.54) is 28.3 Å². The number of H-pyrrole nitrogens is 5. The summed E-state index contributed by atoms with van der Waals surface area (Å²) < 4.78 is 484. The summed E-state index contributed by atoms with van der Waals surface area (Å²) in [6.07, 6.45) is 2.34. The van der Waals surface area contributed by atoms with Crippen molar-refractivity contribution >= 4 is 129 Å². The second-order valence-corrected chi connectivity index (χ2v) is 28.8. The predicted octanol–water partition coefficient (Wildman–Crippen LogP) is 27.4. The molecule has 0 atom stereocenters. The molecule has 6 aromatic carbocycles. The molecule has 0 spiro atoms. The van der Waals surface area contributed by atoms with Crippen LogP contribution in [0, 0.1) is 175 Å². The van der Waals surface area contributed by atoms with Gasteiger partial charge in [-0.1, -0.05) is 0 Å². The Kier molecular flexibility index (Phi) is 19.1. The Morgan fingerprint density at radius 3 is 0.734 bits per heavy atom. The normalized spacial score (nSPS) is 12.2. The quantitative estimate of drug-likeness (QED) is 0.0623. The second kappa shape index (κ2) is 29.3. The van der Waals surface area contributed by atoms with E-state index in [1.807, 2.05) is 0 Å².